The molecule has 0 radical (unpaired) electrons. The van der Waals surface area contributed by atoms with Gasteiger partial charge >= 0.3 is 12.0 Å². The SMILES string of the molecule is CCCOc1nc(Cl)nc(Oc2ccc(F)cc2Cl)n1. The summed E-state index contributed by atoms with van der Waals surface area (Å²) < 4.78 is 23.5. The fourth-order valence-electron chi connectivity index (χ4n) is 1.27. The molecule has 8 heteroatoms. The van der Waals surface area contributed by atoms with Crippen LogP contribution in [-0.4, -0.2) is 21.6 Å². The van der Waals surface area contributed by atoms with Crippen LogP contribution in [0.1, 0.15) is 13.3 Å². The van der Waals surface area contributed by atoms with Crippen LogP contribution in [0.5, 0.6) is 17.8 Å². The molecule has 0 unspecified atom stereocenters. The van der Waals surface area contributed by atoms with Crippen LogP contribution in [0.15, 0.2) is 18.2 Å². The molecular weight excluding hydrogens is 308 g/mol. The normalized spacial score (nSPS) is 10.4. The molecule has 0 aliphatic rings. The van der Waals surface area contributed by atoms with Gasteiger partial charge in [0.15, 0.2) is 0 Å². The second-order valence-corrected chi connectivity index (χ2v) is 4.44. The third kappa shape index (κ3) is 3.91. The van der Waals surface area contributed by atoms with Gasteiger partial charge in [-0.25, -0.2) is 4.39 Å². The van der Waals surface area contributed by atoms with E-state index in [0.717, 1.165) is 12.5 Å². The summed E-state index contributed by atoms with van der Waals surface area (Å²) in [7, 11) is 0. The maximum Gasteiger partial charge on any atom is 0.329 e. The Labute approximate surface area is 124 Å². The zero-order chi connectivity index (χ0) is 14.5. The Morgan fingerprint density at radius 3 is 2.60 bits per heavy atom. The van der Waals surface area contributed by atoms with Crippen molar-refractivity contribution in [1.29, 1.82) is 0 Å². The molecule has 1 heterocycles. The highest BCUT2D eigenvalue weighted by Crippen LogP contribution is 2.29. The smallest absolute Gasteiger partial charge is 0.329 e. The van der Waals surface area contributed by atoms with Crippen molar-refractivity contribution in [3.8, 4) is 17.8 Å². The van der Waals surface area contributed by atoms with Gasteiger partial charge in [0.05, 0.1) is 11.6 Å². The molecule has 0 saturated heterocycles. The van der Waals surface area contributed by atoms with Crippen LogP contribution in [0.4, 0.5) is 4.39 Å². The van der Waals surface area contributed by atoms with Gasteiger partial charge in [0.2, 0.25) is 5.28 Å². The lowest BCUT2D eigenvalue weighted by molar-refractivity contribution is 0.284. The first-order valence-electron chi connectivity index (χ1n) is 5.75. The molecule has 2 aromatic rings. The quantitative estimate of drug-likeness (QED) is 0.837. The first kappa shape index (κ1) is 14.7. The van der Waals surface area contributed by atoms with E-state index in [-0.39, 0.29) is 28.1 Å². The molecule has 0 fully saturated rings. The number of nitrogens with zero attached hydrogens (tertiary/aromatic N) is 3. The van der Waals surface area contributed by atoms with Gasteiger partial charge in [-0.05, 0) is 36.2 Å². The molecule has 0 aliphatic heterocycles. The molecule has 0 saturated carbocycles. The van der Waals surface area contributed by atoms with Crippen molar-refractivity contribution in [2.45, 2.75) is 13.3 Å². The van der Waals surface area contributed by atoms with Gasteiger partial charge in [-0.2, -0.15) is 9.97 Å². The van der Waals surface area contributed by atoms with Crippen molar-refractivity contribution in [2.75, 3.05) is 6.61 Å². The number of rotatable bonds is 5. The van der Waals surface area contributed by atoms with Crippen LogP contribution in [0.25, 0.3) is 0 Å². The Hall–Kier alpha value is -1.66. The fourth-order valence-corrected chi connectivity index (χ4v) is 1.62. The minimum Gasteiger partial charge on any atom is -0.463 e. The molecular formula is C12H10Cl2FN3O2. The zero-order valence-corrected chi connectivity index (χ0v) is 12.0. The molecule has 106 valence electrons. The molecule has 1 aromatic carbocycles. The summed E-state index contributed by atoms with van der Waals surface area (Å²) in [5, 5.41) is 0.0249. The molecule has 1 aromatic heterocycles. The average molecular weight is 318 g/mol. The molecule has 0 aliphatic carbocycles. The highest BCUT2D eigenvalue weighted by molar-refractivity contribution is 6.32. The fraction of sp³-hybridized carbons (Fsp3) is 0.250. The van der Waals surface area contributed by atoms with E-state index >= 15 is 0 Å². The average Bonchev–Trinajstić information content (AvgIpc) is 2.39. The maximum atomic E-state index is 12.9. The second-order valence-electron chi connectivity index (χ2n) is 3.69. The first-order valence-corrected chi connectivity index (χ1v) is 6.51. The van der Waals surface area contributed by atoms with Crippen LogP contribution >= 0.6 is 23.2 Å². The van der Waals surface area contributed by atoms with Crippen molar-refractivity contribution in [3.63, 3.8) is 0 Å². The maximum absolute atomic E-state index is 12.9. The molecule has 0 N–H and O–H groups in total. The zero-order valence-electron chi connectivity index (χ0n) is 10.4. The van der Waals surface area contributed by atoms with E-state index in [2.05, 4.69) is 15.0 Å². The molecule has 0 atom stereocenters. The molecule has 20 heavy (non-hydrogen) atoms. The number of ether oxygens (including phenoxy) is 2. The largest absolute Gasteiger partial charge is 0.463 e. The van der Waals surface area contributed by atoms with E-state index in [1.165, 1.54) is 12.1 Å². The topological polar surface area (TPSA) is 57.1 Å². The summed E-state index contributed by atoms with van der Waals surface area (Å²) in [6.45, 7) is 2.38. The van der Waals surface area contributed by atoms with Crippen LogP contribution < -0.4 is 9.47 Å². The van der Waals surface area contributed by atoms with Crippen LogP contribution in [-0.2, 0) is 0 Å². The summed E-state index contributed by atoms with van der Waals surface area (Å²) in [4.78, 5) is 11.5. The van der Waals surface area contributed by atoms with Crippen molar-refractivity contribution < 1.29 is 13.9 Å². The van der Waals surface area contributed by atoms with Gasteiger partial charge in [-0.15, -0.1) is 4.98 Å². The highest BCUT2D eigenvalue weighted by atomic mass is 35.5. The van der Waals surface area contributed by atoms with E-state index in [1.807, 2.05) is 6.92 Å². The highest BCUT2D eigenvalue weighted by Gasteiger charge is 2.10. The number of benzene rings is 1. The van der Waals surface area contributed by atoms with Gasteiger partial charge in [0.1, 0.15) is 11.6 Å². The van der Waals surface area contributed by atoms with Crippen LogP contribution in [0.3, 0.4) is 0 Å². The lowest BCUT2D eigenvalue weighted by Crippen LogP contribution is -2.03. The summed E-state index contributed by atoms with van der Waals surface area (Å²) in [5.74, 6) is -0.264. The van der Waals surface area contributed by atoms with Crippen molar-refractivity contribution >= 4 is 23.2 Å². The molecule has 0 amide bonds. The van der Waals surface area contributed by atoms with E-state index < -0.39 is 5.82 Å². The third-order valence-corrected chi connectivity index (χ3v) is 2.56. The van der Waals surface area contributed by atoms with Gasteiger partial charge in [-0.3, -0.25) is 0 Å². The minimum atomic E-state index is -0.469. The Morgan fingerprint density at radius 2 is 1.90 bits per heavy atom. The summed E-state index contributed by atoms with van der Waals surface area (Å²) in [5.41, 5.74) is 0. The lowest BCUT2D eigenvalue weighted by atomic mass is 10.3. The van der Waals surface area contributed by atoms with Gasteiger partial charge in [0, 0.05) is 0 Å². The van der Waals surface area contributed by atoms with E-state index in [4.69, 9.17) is 32.7 Å². The standard InChI is InChI=1S/C12H10Cl2FN3O2/c1-2-5-19-11-16-10(14)17-12(18-11)20-9-4-3-7(15)6-8(9)13/h3-4,6H,2,5H2,1H3. The Morgan fingerprint density at radius 1 is 1.15 bits per heavy atom. The minimum absolute atomic E-state index is 0.0556. The Balaban J connectivity index is 2.21. The Kier molecular flexibility index (Phi) is 4.92. The second kappa shape index (κ2) is 6.67. The summed E-state index contributed by atoms with van der Waals surface area (Å²) >= 11 is 11.6. The van der Waals surface area contributed by atoms with Gasteiger partial charge in [0.25, 0.3) is 0 Å². The van der Waals surface area contributed by atoms with Gasteiger partial charge < -0.3 is 9.47 Å². The van der Waals surface area contributed by atoms with Crippen molar-refractivity contribution in [3.05, 3.63) is 34.3 Å². The van der Waals surface area contributed by atoms with E-state index in [9.17, 15) is 4.39 Å². The predicted molar refractivity (Wildman–Crippen MR) is 72.1 cm³/mol. The van der Waals surface area contributed by atoms with Gasteiger partial charge in [-0.1, -0.05) is 18.5 Å². The van der Waals surface area contributed by atoms with E-state index in [1.54, 1.807) is 0 Å². The molecule has 2 rings (SSSR count). The summed E-state index contributed by atoms with van der Waals surface area (Å²) in [6.07, 6.45) is 0.795. The summed E-state index contributed by atoms with van der Waals surface area (Å²) in [6, 6.07) is 3.67. The van der Waals surface area contributed by atoms with Crippen molar-refractivity contribution in [1.82, 2.24) is 15.0 Å². The van der Waals surface area contributed by atoms with E-state index in [0.29, 0.717) is 6.61 Å². The van der Waals surface area contributed by atoms with Crippen molar-refractivity contribution in [2.24, 2.45) is 0 Å². The van der Waals surface area contributed by atoms with Crippen LogP contribution in [0.2, 0.25) is 10.3 Å². The van der Waals surface area contributed by atoms with Crippen LogP contribution in [0, 0.1) is 5.82 Å². The molecule has 5 nitrogen and oxygen atoms in total. The Bertz CT molecular complexity index is 613. The number of aromatic nitrogens is 3. The predicted octanol–water partition coefficient (Wildman–Crippen LogP) is 3.90. The number of hydrogen-bond donors (Lipinski definition) is 0. The monoisotopic (exact) mass is 317 g/mol. The molecule has 0 bridgehead atoms. The third-order valence-electron chi connectivity index (χ3n) is 2.10. The first-order chi connectivity index (χ1) is 9.58. The number of hydrogen-bond acceptors (Lipinski definition) is 5. The lowest BCUT2D eigenvalue weighted by Gasteiger charge is -2.07. The number of halogens is 3. The molecule has 0 spiro atoms.